The van der Waals surface area contributed by atoms with Gasteiger partial charge >= 0.3 is 5.97 Å². The van der Waals surface area contributed by atoms with Crippen LogP contribution in [-0.2, 0) is 9.47 Å². The standard InChI is InChI=1S/C11H15NO3/c1-12-10-5-3-9(4-6-10)11(13)15-8-7-14-2/h3-6,12H,7-8H2,1-2H3. The van der Waals surface area contributed by atoms with Crippen LogP contribution in [0.25, 0.3) is 0 Å². The number of nitrogens with one attached hydrogen (secondary N) is 1. The highest BCUT2D eigenvalue weighted by Gasteiger charge is 2.05. The molecule has 1 aromatic rings. The number of rotatable bonds is 5. The van der Waals surface area contributed by atoms with Gasteiger partial charge in [-0.05, 0) is 24.3 Å². The maximum Gasteiger partial charge on any atom is 0.338 e. The Kier molecular flexibility index (Phi) is 4.63. The van der Waals surface area contributed by atoms with Gasteiger partial charge in [0.05, 0.1) is 12.2 Å². The fourth-order valence-electron chi connectivity index (χ4n) is 1.07. The van der Waals surface area contributed by atoms with E-state index in [0.717, 1.165) is 5.69 Å². The van der Waals surface area contributed by atoms with E-state index >= 15 is 0 Å². The number of hydrogen-bond donors (Lipinski definition) is 1. The van der Waals surface area contributed by atoms with E-state index in [4.69, 9.17) is 9.47 Å². The average molecular weight is 209 g/mol. The van der Waals surface area contributed by atoms with E-state index in [1.54, 1.807) is 19.2 Å². The molecule has 0 radical (unpaired) electrons. The molecule has 1 rings (SSSR count). The lowest BCUT2D eigenvalue weighted by atomic mass is 10.2. The first-order valence-electron chi connectivity index (χ1n) is 4.72. The first-order valence-corrected chi connectivity index (χ1v) is 4.72. The molecule has 1 N–H and O–H groups in total. The topological polar surface area (TPSA) is 47.6 Å². The van der Waals surface area contributed by atoms with E-state index in [1.807, 2.05) is 19.2 Å². The molecule has 0 fully saturated rings. The number of carbonyl (C=O) groups is 1. The SMILES string of the molecule is CNc1ccc(C(=O)OCCOC)cc1. The van der Waals surface area contributed by atoms with Crippen molar-refractivity contribution >= 4 is 11.7 Å². The number of ether oxygens (including phenoxy) is 2. The van der Waals surface area contributed by atoms with Crippen LogP contribution in [0.1, 0.15) is 10.4 Å². The highest BCUT2D eigenvalue weighted by molar-refractivity contribution is 5.89. The van der Waals surface area contributed by atoms with E-state index in [2.05, 4.69) is 5.32 Å². The van der Waals surface area contributed by atoms with Crippen molar-refractivity contribution in [1.82, 2.24) is 0 Å². The molecule has 82 valence electrons. The Labute approximate surface area is 89.2 Å². The van der Waals surface area contributed by atoms with Crippen molar-refractivity contribution in [1.29, 1.82) is 0 Å². The third-order valence-corrected chi connectivity index (χ3v) is 1.93. The van der Waals surface area contributed by atoms with E-state index < -0.39 is 0 Å². The Balaban J connectivity index is 2.50. The van der Waals surface area contributed by atoms with Gasteiger partial charge in [0.15, 0.2) is 0 Å². The second kappa shape index (κ2) is 6.03. The molecular weight excluding hydrogens is 194 g/mol. The van der Waals surface area contributed by atoms with Crippen LogP contribution in [0.4, 0.5) is 5.69 Å². The summed E-state index contributed by atoms with van der Waals surface area (Å²) in [7, 11) is 3.39. The molecule has 0 amide bonds. The van der Waals surface area contributed by atoms with Gasteiger partial charge in [-0.1, -0.05) is 0 Å². The molecule has 0 spiro atoms. The molecule has 0 saturated heterocycles. The fraction of sp³-hybridized carbons (Fsp3) is 0.364. The molecule has 0 atom stereocenters. The lowest BCUT2D eigenvalue weighted by Gasteiger charge is -2.04. The van der Waals surface area contributed by atoms with Gasteiger partial charge in [-0.15, -0.1) is 0 Å². The molecule has 0 unspecified atom stereocenters. The van der Waals surface area contributed by atoms with Crippen LogP contribution in [0.5, 0.6) is 0 Å². The number of esters is 1. The summed E-state index contributed by atoms with van der Waals surface area (Å²) < 4.78 is 9.74. The van der Waals surface area contributed by atoms with Crippen molar-refractivity contribution in [2.75, 3.05) is 32.7 Å². The van der Waals surface area contributed by atoms with Gasteiger partial charge in [-0.3, -0.25) is 0 Å². The number of methoxy groups -OCH3 is 1. The van der Waals surface area contributed by atoms with Crippen LogP contribution in [0.15, 0.2) is 24.3 Å². The van der Waals surface area contributed by atoms with Crippen LogP contribution in [0.2, 0.25) is 0 Å². The Morgan fingerprint density at radius 2 is 1.93 bits per heavy atom. The summed E-state index contributed by atoms with van der Waals surface area (Å²) in [4.78, 5) is 11.4. The van der Waals surface area contributed by atoms with E-state index in [1.165, 1.54) is 0 Å². The zero-order valence-corrected chi connectivity index (χ0v) is 8.95. The minimum absolute atomic E-state index is 0.281. The fourth-order valence-corrected chi connectivity index (χ4v) is 1.07. The molecule has 0 bridgehead atoms. The molecule has 0 aliphatic carbocycles. The minimum Gasteiger partial charge on any atom is -0.460 e. The van der Waals surface area contributed by atoms with E-state index in [0.29, 0.717) is 12.2 Å². The maximum atomic E-state index is 11.4. The first-order chi connectivity index (χ1) is 7.27. The van der Waals surface area contributed by atoms with Crippen molar-refractivity contribution < 1.29 is 14.3 Å². The highest BCUT2D eigenvalue weighted by atomic mass is 16.6. The van der Waals surface area contributed by atoms with Crippen LogP contribution >= 0.6 is 0 Å². The van der Waals surface area contributed by atoms with Gasteiger partial charge in [0.1, 0.15) is 6.61 Å². The molecular formula is C11H15NO3. The van der Waals surface area contributed by atoms with Crippen molar-refractivity contribution in [3.05, 3.63) is 29.8 Å². The second-order valence-electron chi connectivity index (χ2n) is 2.96. The Morgan fingerprint density at radius 3 is 2.47 bits per heavy atom. The molecule has 0 aromatic heterocycles. The van der Waals surface area contributed by atoms with Gasteiger partial charge in [-0.25, -0.2) is 4.79 Å². The summed E-state index contributed by atoms with van der Waals surface area (Å²) in [5.41, 5.74) is 1.51. The lowest BCUT2D eigenvalue weighted by molar-refractivity contribution is 0.0388. The number of carbonyl (C=O) groups excluding carboxylic acids is 1. The quantitative estimate of drug-likeness (QED) is 0.590. The minimum atomic E-state index is -0.324. The largest absolute Gasteiger partial charge is 0.460 e. The highest BCUT2D eigenvalue weighted by Crippen LogP contribution is 2.09. The lowest BCUT2D eigenvalue weighted by Crippen LogP contribution is -2.09. The zero-order valence-electron chi connectivity index (χ0n) is 8.95. The Morgan fingerprint density at radius 1 is 1.27 bits per heavy atom. The summed E-state index contributed by atoms with van der Waals surface area (Å²) in [6.07, 6.45) is 0. The van der Waals surface area contributed by atoms with Crippen molar-refractivity contribution in [2.45, 2.75) is 0 Å². The molecule has 1 aromatic carbocycles. The second-order valence-corrected chi connectivity index (χ2v) is 2.96. The number of hydrogen-bond acceptors (Lipinski definition) is 4. The van der Waals surface area contributed by atoms with E-state index in [9.17, 15) is 4.79 Å². The summed E-state index contributed by atoms with van der Waals surface area (Å²) in [5.74, 6) is -0.324. The van der Waals surface area contributed by atoms with Crippen molar-refractivity contribution in [3.8, 4) is 0 Å². The normalized spacial score (nSPS) is 9.73. The molecule has 0 aliphatic rings. The maximum absolute atomic E-state index is 11.4. The number of benzene rings is 1. The monoisotopic (exact) mass is 209 g/mol. The molecule has 4 heteroatoms. The Hall–Kier alpha value is -1.55. The third kappa shape index (κ3) is 3.59. The van der Waals surface area contributed by atoms with E-state index in [-0.39, 0.29) is 12.6 Å². The Bertz CT molecular complexity index is 308. The average Bonchev–Trinajstić information content (AvgIpc) is 2.29. The molecule has 0 aliphatic heterocycles. The molecule has 4 nitrogen and oxygen atoms in total. The van der Waals surface area contributed by atoms with Crippen LogP contribution in [0.3, 0.4) is 0 Å². The first kappa shape index (κ1) is 11.5. The van der Waals surface area contributed by atoms with Gasteiger partial charge < -0.3 is 14.8 Å². The summed E-state index contributed by atoms with van der Waals surface area (Å²) in [6.45, 7) is 0.698. The molecule has 0 heterocycles. The predicted octanol–water partition coefficient (Wildman–Crippen LogP) is 1.53. The smallest absolute Gasteiger partial charge is 0.338 e. The number of anilines is 1. The van der Waals surface area contributed by atoms with Crippen LogP contribution in [0, 0.1) is 0 Å². The van der Waals surface area contributed by atoms with Crippen molar-refractivity contribution in [3.63, 3.8) is 0 Å². The van der Waals surface area contributed by atoms with Crippen LogP contribution in [-0.4, -0.2) is 33.3 Å². The third-order valence-electron chi connectivity index (χ3n) is 1.93. The molecule has 15 heavy (non-hydrogen) atoms. The van der Waals surface area contributed by atoms with Crippen molar-refractivity contribution in [2.24, 2.45) is 0 Å². The van der Waals surface area contributed by atoms with Crippen LogP contribution < -0.4 is 5.32 Å². The van der Waals surface area contributed by atoms with Gasteiger partial charge in [0.25, 0.3) is 0 Å². The summed E-state index contributed by atoms with van der Waals surface area (Å²) >= 11 is 0. The van der Waals surface area contributed by atoms with Gasteiger partial charge in [0, 0.05) is 19.8 Å². The predicted molar refractivity (Wildman–Crippen MR) is 58.1 cm³/mol. The summed E-state index contributed by atoms with van der Waals surface area (Å²) in [5, 5.41) is 2.97. The zero-order chi connectivity index (χ0) is 11.1. The van der Waals surface area contributed by atoms with Gasteiger partial charge in [-0.2, -0.15) is 0 Å². The molecule has 0 saturated carbocycles. The van der Waals surface area contributed by atoms with Gasteiger partial charge in [0.2, 0.25) is 0 Å². The summed E-state index contributed by atoms with van der Waals surface area (Å²) in [6, 6.07) is 7.10.